The summed E-state index contributed by atoms with van der Waals surface area (Å²) >= 11 is 6.29. The number of furan rings is 1. The van der Waals surface area contributed by atoms with Gasteiger partial charge in [-0.2, -0.15) is 0 Å². The largest absolute Gasteiger partial charge is 0.451 e. The second kappa shape index (κ2) is 9.49. The summed E-state index contributed by atoms with van der Waals surface area (Å²) in [5.74, 6) is 0.137. The SMILES string of the molecule is Cc1cc2oc(C(=O)NC[C@H](c3ccc(C(C)(C)C)cc3)N3CCOCC3)c(C)c2cc1Cl. The van der Waals surface area contributed by atoms with Gasteiger partial charge in [-0.05, 0) is 48.1 Å². The van der Waals surface area contributed by atoms with Gasteiger partial charge in [0.15, 0.2) is 5.76 Å². The van der Waals surface area contributed by atoms with Gasteiger partial charge in [0.05, 0.1) is 19.3 Å². The summed E-state index contributed by atoms with van der Waals surface area (Å²) in [6.07, 6.45) is 0. The molecule has 0 aliphatic carbocycles. The lowest BCUT2D eigenvalue weighted by Gasteiger charge is -2.35. The number of carbonyl (C=O) groups is 1. The van der Waals surface area contributed by atoms with E-state index in [4.69, 9.17) is 20.8 Å². The first kappa shape index (κ1) is 23.8. The Balaban J connectivity index is 1.56. The number of carbonyl (C=O) groups excluding carboxylic acids is 1. The van der Waals surface area contributed by atoms with E-state index in [-0.39, 0.29) is 17.4 Å². The Hall–Kier alpha value is -2.34. The Morgan fingerprint density at radius 3 is 2.42 bits per heavy atom. The fourth-order valence-corrected chi connectivity index (χ4v) is 4.54. The number of ether oxygens (including phenoxy) is 1. The fraction of sp³-hybridized carbons (Fsp3) is 0.444. The van der Waals surface area contributed by atoms with Gasteiger partial charge >= 0.3 is 0 Å². The van der Waals surface area contributed by atoms with Gasteiger partial charge in [-0.15, -0.1) is 0 Å². The maximum Gasteiger partial charge on any atom is 0.287 e. The molecule has 1 atom stereocenters. The van der Waals surface area contributed by atoms with E-state index in [9.17, 15) is 4.79 Å². The van der Waals surface area contributed by atoms with Gasteiger partial charge < -0.3 is 14.5 Å². The first-order valence-electron chi connectivity index (χ1n) is 11.5. The molecule has 1 aliphatic rings. The average molecular weight is 469 g/mol. The van der Waals surface area contributed by atoms with Crippen LogP contribution in [0.15, 0.2) is 40.8 Å². The fourth-order valence-electron chi connectivity index (χ4n) is 4.38. The number of benzene rings is 2. The van der Waals surface area contributed by atoms with Crippen LogP contribution < -0.4 is 5.32 Å². The minimum absolute atomic E-state index is 0.0632. The molecule has 33 heavy (non-hydrogen) atoms. The zero-order chi connectivity index (χ0) is 23.8. The lowest BCUT2D eigenvalue weighted by Crippen LogP contribution is -2.43. The highest BCUT2D eigenvalue weighted by molar-refractivity contribution is 6.32. The van der Waals surface area contributed by atoms with Crippen molar-refractivity contribution >= 4 is 28.5 Å². The molecule has 6 heteroatoms. The molecule has 0 radical (unpaired) electrons. The van der Waals surface area contributed by atoms with Crippen molar-refractivity contribution in [3.8, 4) is 0 Å². The molecular weight excluding hydrogens is 436 g/mol. The van der Waals surface area contributed by atoms with Crippen molar-refractivity contribution in [2.45, 2.75) is 46.1 Å². The maximum absolute atomic E-state index is 13.1. The van der Waals surface area contributed by atoms with Gasteiger partial charge in [-0.3, -0.25) is 9.69 Å². The lowest BCUT2D eigenvalue weighted by atomic mass is 9.86. The van der Waals surface area contributed by atoms with Crippen LogP contribution in [0.3, 0.4) is 0 Å². The normalized spacial score (nSPS) is 16.2. The highest BCUT2D eigenvalue weighted by atomic mass is 35.5. The molecule has 0 saturated carbocycles. The van der Waals surface area contributed by atoms with Crippen molar-refractivity contribution < 1.29 is 13.9 Å². The number of halogens is 1. The van der Waals surface area contributed by atoms with Gasteiger partial charge in [-0.25, -0.2) is 0 Å². The minimum atomic E-state index is -0.206. The highest BCUT2D eigenvalue weighted by Crippen LogP contribution is 2.31. The third-order valence-electron chi connectivity index (χ3n) is 6.53. The van der Waals surface area contributed by atoms with Gasteiger partial charge in [-0.1, -0.05) is 56.6 Å². The number of aryl methyl sites for hydroxylation is 2. The summed E-state index contributed by atoms with van der Waals surface area (Å²) in [6, 6.07) is 12.6. The smallest absolute Gasteiger partial charge is 0.287 e. The number of nitrogens with zero attached hydrogens (tertiary/aromatic N) is 1. The Bertz CT molecular complexity index is 1140. The summed E-state index contributed by atoms with van der Waals surface area (Å²) in [7, 11) is 0. The molecule has 1 aromatic heterocycles. The van der Waals surface area contributed by atoms with E-state index in [0.717, 1.165) is 29.6 Å². The van der Waals surface area contributed by atoms with Crippen LogP contribution in [0.25, 0.3) is 11.0 Å². The molecule has 4 rings (SSSR count). The third kappa shape index (κ3) is 5.11. The summed E-state index contributed by atoms with van der Waals surface area (Å²) < 4.78 is 11.5. The van der Waals surface area contributed by atoms with Crippen LogP contribution in [-0.2, 0) is 10.2 Å². The van der Waals surface area contributed by atoms with Crippen LogP contribution in [-0.4, -0.2) is 43.7 Å². The number of nitrogens with one attached hydrogen (secondary N) is 1. The molecule has 1 amide bonds. The van der Waals surface area contributed by atoms with E-state index in [0.29, 0.717) is 36.1 Å². The molecule has 5 nitrogen and oxygen atoms in total. The van der Waals surface area contributed by atoms with Gasteiger partial charge in [0.2, 0.25) is 0 Å². The van der Waals surface area contributed by atoms with Gasteiger partial charge in [0, 0.05) is 35.6 Å². The minimum Gasteiger partial charge on any atom is -0.451 e. The Morgan fingerprint density at radius 1 is 1.12 bits per heavy atom. The quantitative estimate of drug-likeness (QED) is 0.513. The van der Waals surface area contributed by atoms with Crippen molar-refractivity contribution in [1.29, 1.82) is 0 Å². The molecule has 0 bridgehead atoms. The van der Waals surface area contributed by atoms with Crippen molar-refractivity contribution in [3.05, 3.63) is 69.4 Å². The first-order chi connectivity index (χ1) is 15.6. The van der Waals surface area contributed by atoms with E-state index < -0.39 is 0 Å². The molecule has 0 unspecified atom stereocenters. The van der Waals surface area contributed by atoms with Crippen molar-refractivity contribution in [2.75, 3.05) is 32.8 Å². The Morgan fingerprint density at radius 2 is 1.79 bits per heavy atom. The summed E-state index contributed by atoms with van der Waals surface area (Å²) in [6.45, 7) is 14.0. The number of fused-ring (bicyclic) bond motifs is 1. The van der Waals surface area contributed by atoms with Crippen LogP contribution in [0, 0.1) is 13.8 Å². The van der Waals surface area contributed by atoms with Crippen LogP contribution in [0.2, 0.25) is 5.02 Å². The van der Waals surface area contributed by atoms with Crippen LogP contribution >= 0.6 is 11.6 Å². The van der Waals surface area contributed by atoms with Crippen molar-refractivity contribution in [1.82, 2.24) is 10.2 Å². The van der Waals surface area contributed by atoms with Crippen LogP contribution in [0.1, 0.15) is 59.6 Å². The molecule has 1 aliphatic heterocycles. The predicted molar refractivity (Wildman–Crippen MR) is 133 cm³/mol. The van der Waals surface area contributed by atoms with Crippen molar-refractivity contribution in [2.24, 2.45) is 0 Å². The van der Waals surface area contributed by atoms with Crippen LogP contribution in [0.5, 0.6) is 0 Å². The molecule has 2 aromatic carbocycles. The molecule has 176 valence electrons. The second-order valence-corrected chi connectivity index (χ2v) is 10.3. The molecule has 3 aromatic rings. The molecule has 2 heterocycles. The monoisotopic (exact) mass is 468 g/mol. The zero-order valence-corrected chi connectivity index (χ0v) is 20.9. The van der Waals surface area contributed by atoms with E-state index in [2.05, 4.69) is 55.3 Å². The zero-order valence-electron chi connectivity index (χ0n) is 20.1. The summed E-state index contributed by atoms with van der Waals surface area (Å²) in [5.41, 5.74) is 5.00. The van der Waals surface area contributed by atoms with Gasteiger partial charge in [0.25, 0.3) is 5.91 Å². The maximum atomic E-state index is 13.1. The summed E-state index contributed by atoms with van der Waals surface area (Å²) in [4.78, 5) is 15.5. The van der Waals surface area contributed by atoms with Crippen molar-refractivity contribution in [3.63, 3.8) is 0 Å². The highest BCUT2D eigenvalue weighted by Gasteiger charge is 2.26. The first-order valence-corrected chi connectivity index (χ1v) is 11.9. The number of amides is 1. The predicted octanol–water partition coefficient (Wildman–Crippen LogP) is 5.80. The van der Waals surface area contributed by atoms with Gasteiger partial charge in [0.1, 0.15) is 5.58 Å². The Labute approximate surface area is 201 Å². The average Bonchev–Trinajstić information content (AvgIpc) is 3.10. The molecule has 1 fully saturated rings. The van der Waals surface area contributed by atoms with E-state index >= 15 is 0 Å². The topological polar surface area (TPSA) is 54.7 Å². The standard InChI is InChI=1S/C27H33ClN2O3/c1-17-14-24-21(15-22(17)28)18(2)25(33-24)26(31)29-16-23(30-10-12-32-13-11-30)19-6-8-20(9-7-19)27(3,4)5/h6-9,14-15,23H,10-13,16H2,1-5H3,(H,29,31)/t23-/m1/s1. The second-order valence-electron chi connectivity index (χ2n) is 9.90. The molecule has 1 N–H and O–H groups in total. The number of rotatable bonds is 5. The third-order valence-corrected chi connectivity index (χ3v) is 6.93. The van der Waals surface area contributed by atoms with E-state index in [1.165, 1.54) is 11.1 Å². The number of hydrogen-bond acceptors (Lipinski definition) is 4. The van der Waals surface area contributed by atoms with E-state index in [1.54, 1.807) is 0 Å². The lowest BCUT2D eigenvalue weighted by molar-refractivity contribution is 0.0161. The van der Waals surface area contributed by atoms with Crippen LogP contribution in [0.4, 0.5) is 0 Å². The summed E-state index contributed by atoms with van der Waals surface area (Å²) in [5, 5.41) is 4.67. The van der Waals surface area contributed by atoms with E-state index in [1.807, 2.05) is 26.0 Å². The molecule has 0 spiro atoms. The Kier molecular flexibility index (Phi) is 6.85. The molecule has 1 saturated heterocycles. The number of morpholine rings is 1. The molecular formula is C27H33ClN2O3. The number of hydrogen-bond donors (Lipinski definition) is 1.